The molecule has 1 aromatic rings. The van der Waals surface area contributed by atoms with Gasteiger partial charge in [0, 0.05) is 10.5 Å². The van der Waals surface area contributed by atoms with Crippen LogP contribution in [0.15, 0.2) is 22.7 Å². The standard InChI is InChI=1S/C16H26BrNO/c1-5-9-18-16(6-2)12(3)10-13-11-14(19-4)7-8-15(13)17/h7-8,11-12,16,18H,5-6,9-10H2,1-4H3. The van der Waals surface area contributed by atoms with Gasteiger partial charge in [-0.1, -0.05) is 36.7 Å². The molecule has 0 bridgehead atoms. The first kappa shape index (κ1) is 16.5. The first-order chi connectivity index (χ1) is 9.12. The molecule has 1 N–H and O–H groups in total. The first-order valence-electron chi connectivity index (χ1n) is 7.18. The van der Waals surface area contributed by atoms with Gasteiger partial charge in [-0.15, -0.1) is 0 Å². The van der Waals surface area contributed by atoms with Crippen LogP contribution < -0.4 is 10.1 Å². The summed E-state index contributed by atoms with van der Waals surface area (Å²) in [5.41, 5.74) is 1.32. The van der Waals surface area contributed by atoms with Crippen LogP contribution in [0.2, 0.25) is 0 Å². The van der Waals surface area contributed by atoms with Crippen molar-refractivity contribution in [1.29, 1.82) is 0 Å². The molecule has 0 aliphatic carbocycles. The van der Waals surface area contributed by atoms with Gasteiger partial charge < -0.3 is 10.1 Å². The van der Waals surface area contributed by atoms with Crippen molar-refractivity contribution in [1.82, 2.24) is 5.32 Å². The summed E-state index contributed by atoms with van der Waals surface area (Å²) in [4.78, 5) is 0. The number of halogens is 1. The van der Waals surface area contributed by atoms with Crippen molar-refractivity contribution in [3.8, 4) is 5.75 Å². The van der Waals surface area contributed by atoms with E-state index in [2.05, 4.69) is 54.2 Å². The summed E-state index contributed by atoms with van der Waals surface area (Å²) in [7, 11) is 1.72. The zero-order valence-corrected chi connectivity index (χ0v) is 14.1. The van der Waals surface area contributed by atoms with Crippen LogP contribution in [-0.2, 0) is 6.42 Å². The van der Waals surface area contributed by atoms with Gasteiger partial charge in [0.05, 0.1) is 7.11 Å². The van der Waals surface area contributed by atoms with Crippen LogP contribution >= 0.6 is 15.9 Å². The number of benzene rings is 1. The Kier molecular flexibility index (Phi) is 7.47. The summed E-state index contributed by atoms with van der Waals surface area (Å²) in [6.45, 7) is 7.89. The van der Waals surface area contributed by atoms with Crippen LogP contribution in [-0.4, -0.2) is 19.7 Å². The van der Waals surface area contributed by atoms with Gasteiger partial charge in [-0.05, 0) is 55.5 Å². The van der Waals surface area contributed by atoms with Gasteiger partial charge in [0.1, 0.15) is 5.75 Å². The van der Waals surface area contributed by atoms with Crippen LogP contribution in [0.5, 0.6) is 5.75 Å². The van der Waals surface area contributed by atoms with E-state index in [-0.39, 0.29) is 0 Å². The number of rotatable bonds is 8. The monoisotopic (exact) mass is 327 g/mol. The molecule has 2 nitrogen and oxygen atoms in total. The molecule has 0 amide bonds. The third-order valence-corrected chi connectivity index (χ3v) is 4.35. The third kappa shape index (κ3) is 5.15. The molecule has 0 spiro atoms. The minimum Gasteiger partial charge on any atom is -0.497 e. The largest absolute Gasteiger partial charge is 0.497 e. The van der Waals surface area contributed by atoms with Gasteiger partial charge in [-0.3, -0.25) is 0 Å². The highest BCUT2D eigenvalue weighted by Gasteiger charge is 2.16. The van der Waals surface area contributed by atoms with Crippen molar-refractivity contribution in [2.45, 2.75) is 46.1 Å². The topological polar surface area (TPSA) is 21.3 Å². The van der Waals surface area contributed by atoms with Gasteiger partial charge in [-0.2, -0.15) is 0 Å². The van der Waals surface area contributed by atoms with Crippen LogP contribution in [0.25, 0.3) is 0 Å². The van der Waals surface area contributed by atoms with E-state index in [0.29, 0.717) is 12.0 Å². The maximum Gasteiger partial charge on any atom is 0.119 e. The van der Waals surface area contributed by atoms with E-state index in [1.165, 1.54) is 22.9 Å². The zero-order valence-electron chi connectivity index (χ0n) is 12.5. The summed E-state index contributed by atoms with van der Waals surface area (Å²) >= 11 is 3.64. The van der Waals surface area contributed by atoms with Crippen molar-refractivity contribution in [2.75, 3.05) is 13.7 Å². The predicted octanol–water partition coefficient (Wildman–Crippen LogP) is 4.41. The zero-order chi connectivity index (χ0) is 14.3. The van der Waals surface area contributed by atoms with Crippen molar-refractivity contribution >= 4 is 15.9 Å². The van der Waals surface area contributed by atoms with E-state index in [1.807, 2.05) is 6.07 Å². The summed E-state index contributed by atoms with van der Waals surface area (Å²) in [6, 6.07) is 6.78. The summed E-state index contributed by atoms with van der Waals surface area (Å²) in [6.07, 6.45) is 3.42. The molecule has 19 heavy (non-hydrogen) atoms. The second-order valence-corrected chi connectivity index (χ2v) is 5.96. The molecule has 1 rings (SSSR count). The molecule has 2 atom stereocenters. The Morgan fingerprint density at radius 3 is 2.63 bits per heavy atom. The van der Waals surface area contributed by atoms with Crippen molar-refractivity contribution in [2.24, 2.45) is 5.92 Å². The molecule has 2 unspecified atom stereocenters. The second-order valence-electron chi connectivity index (χ2n) is 5.11. The van der Waals surface area contributed by atoms with Crippen LogP contribution in [0.1, 0.15) is 39.2 Å². The molecular weight excluding hydrogens is 302 g/mol. The van der Waals surface area contributed by atoms with E-state index in [1.54, 1.807) is 7.11 Å². The van der Waals surface area contributed by atoms with E-state index in [0.717, 1.165) is 18.7 Å². The highest BCUT2D eigenvalue weighted by molar-refractivity contribution is 9.10. The lowest BCUT2D eigenvalue weighted by Crippen LogP contribution is -2.35. The van der Waals surface area contributed by atoms with Gasteiger partial charge in [-0.25, -0.2) is 0 Å². The lowest BCUT2D eigenvalue weighted by molar-refractivity contribution is 0.363. The minimum atomic E-state index is 0.582. The fourth-order valence-corrected chi connectivity index (χ4v) is 2.81. The molecule has 0 aromatic heterocycles. The summed E-state index contributed by atoms with van der Waals surface area (Å²) in [5.74, 6) is 1.54. The Hall–Kier alpha value is -0.540. The molecule has 0 aliphatic heterocycles. The predicted molar refractivity (Wildman–Crippen MR) is 85.9 cm³/mol. The normalized spacial score (nSPS) is 14.2. The van der Waals surface area contributed by atoms with E-state index >= 15 is 0 Å². The fourth-order valence-electron chi connectivity index (χ4n) is 2.40. The average molecular weight is 328 g/mol. The molecule has 0 aliphatic rings. The minimum absolute atomic E-state index is 0.582. The Labute approximate surface area is 126 Å². The molecule has 108 valence electrons. The fraction of sp³-hybridized carbons (Fsp3) is 0.625. The molecule has 0 saturated carbocycles. The van der Waals surface area contributed by atoms with Gasteiger partial charge >= 0.3 is 0 Å². The van der Waals surface area contributed by atoms with E-state index in [9.17, 15) is 0 Å². The Morgan fingerprint density at radius 1 is 1.32 bits per heavy atom. The van der Waals surface area contributed by atoms with E-state index < -0.39 is 0 Å². The number of ether oxygens (including phenoxy) is 1. The van der Waals surface area contributed by atoms with Crippen LogP contribution in [0.4, 0.5) is 0 Å². The third-order valence-electron chi connectivity index (χ3n) is 3.58. The maximum atomic E-state index is 5.31. The SMILES string of the molecule is CCCNC(CC)C(C)Cc1cc(OC)ccc1Br. The average Bonchev–Trinajstić information content (AvgIpc) is 2.42. The number of hydrogen-bond acceptors (Lipinski definition) is 2. The Morgan fingerprint density at radius 2 is 2.05 bits per heavy atom. The molecule has 0 radical (unpaired) electrons. The molecule has 3 heteroatoms. The maximum absolute atomic E-state index is 5.31. The number of hydrogen-bond donors (Lipinski definition) is 1. The second kappa shape index (κ2) is 8.60. The smallest absolute Gasteiger partial charge is 0.119 e. The first-order valence-corrected chi connectivity index (χ1v) is 7.97. The molecule has 0 fully saturated rings. The van der Waals surface area contributed by atoms with Crippen molar-refractivity contribution in [3.63, 3.8) is 0 Å². The molecule has 0 saturated heterocycles. The Balaban J connectivity index is 2.71. The lowest BCUT2D eigenvalue weighted by Gasteiger charge is -2.24. The van der Waals surface area contributed by atoms with Gasteiger partial charge in [0.2, 0.25) is 0 Å². The Bertz CT molecular complexity index is 381. The van der Waals surface area contributed by atoms with Crippen LogP contribution in [0.3, 0.4) is 0 Å². The number of nitrogens with one attached hydrogen (secondary N) is 1. The summed E-state index contributed by atoms with van der Waals surface area (Å²) in [5, 5.41) is 3.64. The molecule has 1 aromatic carbocycles. The summed E-state index contributed by atoms with van der Waals surface area (Å²) < 4.78 is 6.48. The molecule has 0 heterocycles. The van der Waals surface area contributed by atoms with Crippen molar-refractivity contribution < 1.29 is 4.74 Å². The van der Waals surface area contributed by atoms with Gasteiger partial charge in [0.15, 0.2) is 0 Å². The quantitative estimate of drug-likeness (QED) is 0.763. The van der Waals surface area contributed by atoms with Crippen LogP contribution in [0, 0.1) is 5.92 Å². The highest BCUT2D eigenvalue weighted by atomic mass is 79.9. The highest BCUT2D eigenvalue weighted by Crippen LogP contribution is 2.26. The molecular formula is C16H26BrNO. The number of methoxy groups -OCH3 is 1. The van der Waals surface area contributed by atoms with E-state index in [4.69, 9.17) is 4.74 Å². The van der Waals surface area contributed by atoms with Gasteiger partial charge in [0.25, 0.3) is 0 Å². The van der Waals surface area contributed by atoms with Crippen molar-refractivity contribution in [3.05, 3.63) is 28.2 Å². The lowest BCUT2D eigenvalue weighted by atomic mass is 9.92.